The van der Waals surface area contributed by atoms with Crippen LogP contribution in [0.5, 0.6) is 0 Å². The summed E-state index contributed by atoms with van der Waals surface area (Å²) in [7, 11) is 0. The van der Waals surface area contributed by atoms with Gasteiger partial charge in [-0.3, -0.25) is 14.7 Å². The lowest BCUT2D eigenvalue weighted by molar-refractivity contribution is 0.0748. The predicted molar refractivity (Wildman–Crippen MR) is 91.9 cm³/mol. The topological polar surface area (TPSA) is 91.5 Å². The number of aromatic nitrogens is 2. The number of hydrogen-bond acceptors (Lipinski definition) is 6. The van der Waals surface area contributed by atoms with E-state index in [4.69, 9.17) is 4.52 Å². The Morgan fingerprint density at radius 2 is 2.20 bits per heavy atom. The van der Waals surface area contributed by atoms with E-state index in [1.807, 2.05) is 26.0 Å². The Morgan fingerprint density at radius 3 is 2.88 bits per heavy atom. The third-order valence-electron chi connectivity index (χ3n) is 4.51. The zero-order chi connectivity index (χ0) is 17.8. The van der Waals surface area contributed by atoms with Crippen molar-refractivity contribution in [3.63, 3.8) is 0 Å². The highest BCUT2D eigenvalue weighted by atomic mass is 16.5. The predicted octanol–water partition coefficient (Wildman–Crippen LogP) is 1.83. The van der Waals surface area contributed by atoms with E-state index >= 15 is 0 Å². The molecule has 1 amide bonds. The molecule has 134 valence electrons. The van der Waals surface area contributed by atoms with E-state index in [0.29, 0.717) is 12.3 Å². The molecule has 3 rings (SSSR count). The summed E-state index contributed by atoms with van der Waals surface area (Å²) < 4.78 is 5.29. The van der Waals surface area contributed by atoms with Crippen molar-refractivity contribution in [2.45, 2.75) is 45.4 Å². The Hall–Kier alpha value is -2.25. The molecule has 3 heterocycles. The SMILES string of the molecule is Cc1ccc([C@@H](C)NC(=O)c2cc(CN3CCC(O)CC3)on2)cn1. The van der Waals surface area contributed by atoms with Crippen molar-refractivity contribution < 1.29 is 14.4 Å². The van der Waals surface area contributed by atoms with E-state index in [1.54, 1.807) is 12.3 Å². The average Bonchev–Trinajstić information content (AvgIpc) is 3.06. The Morgan fingerprint density at radius 1 is 1.44 bits per heavy atom. The number of carbonyl (C=O) groups is 1. The molecule has 0 saturated carbocycles. The standard InChI is InChI=1S/C18H24N4O3/c1-12-3-4-14(10-19-12)13(2)20-18(24)17-9-16(25-21-17)11-22-7-5-15(23)6-8-22/h3-4,9-10,13,15,23H,5-8,11H2,1-2H3,(H,20,24)/t13-/m1/s1. The molecule has 1 aliphatic rings. The molecule has 1 saturated heterocycles. The molecular weight excluding hydrogens is 320 g/mol. The molecule has 7 nitrogen and oxygen atoms in total. The zero-order valence-electron chi connectivity index (χ0n) is 14.6. The van der Waals surface area contributed by atoms with Crippen molar-refractivity contribution in [2.24, 2.45) is 0 Å². The van der Waals surface area contributed by atoms with Crippen LogP contribution in [0.4, 0.5) is 0 Å². The minimum Gasteiger partial charge on any atom is -0.393 e. The van der Waals surface area contributed by atoms with Crippen LogP contribution in [0.2, 0.25) is 0 Å². The highest BCUT2D eigenvalue weighted by Crippen LogP contribution is 2.16. The monoisotopic (exact) mass is 344 g/mol. The second kappa shape index (κ2) is 7.76. The highest BCUT2D eigenvalue weighted by molar-refractivity contribution is 5.92. The maximum atomic E-state index is 12.3. The van der Waals surface area contributed by atoms with Crippen LogP contribution in [0.1, 0.15) is 53.3 Å². The van der Waals surface area contributed by atoms with E-state index in [-0.39, 0.29) is 23.7 Å². The first-order chi connectivity index (χ1) is 12.0. The van der Waals surface area contributed by atoms with Crippen LogP contribution < -0.4 is 5.32 Å². The number of amides is 1. The van der Waals surface area contributed by atoms with Gasteiger partial charge in [0.15, 0.2) is 11.5 Å². The van der Waals surface area contributed by atoms with Crippen LogP contribution in [0.15, 0.2) is 28.9 Å². The summed E-state index contributed by atoms with van der Waals surface area (Å²) in [5.41, 5.74) is 2.15. The molecule has 7 heteroatoms. The molecule has 1 fully saturated rings. The molecular formula is C18H24N4O3. The van der Waals surface area contributed by atoms with E-state index < -0.39 is 0 Å². The van der Waals surface area contributed by atoms with E-state index in [0.717, 1.165) is 37.2 Å². The minimum absolute atomic E-state index is 0.163. The Kier molecular flexibility index (Phi) is 5.45. The smallest absolute Gasteiger partial charge is 0.273 e. The van der Waals surface area contributed by atoms with Gasteiger partial charge in [-0.15, -0.1) is 0 Å². The highest BCUT2D eigenvalue weighted by Gasteiger charge is 2.20. The number of pyridine rings is 1. The summed E-state index contributed by atoms with van der Waals surface area (Å²) in [6, 6.07) is 5.39. The first-order valence-electron chi connectivity index (χ1n) is 8.60. The number of nitrogens with zero attached hydrogens (tertiary/aromatic N) is 3. The molecule has 2 N–H and O–H groups in total. The lowest BCUT2D eigenvalue weighted by atomic mass is 10.1. The van der Waals surface area contributed by atoms with Gasteiger partial charge in [0, 0.05) is 31.0 Å². The van der Waals surface area contributed by atoms with Crippen molar-refractivity contribution in [1.82, 2.24) is 20.4 Å². The average molecular weight is 344 g/mol. The van der Waals surface area contributed by atoms with Crippen molar-refractivity contribution in [3.05, 3.63) is 47.1 Å². The number of likely N-dealkylation sites (tertiary alicyclic amines) is 1. The van der Waals surface area contributed by atoms with Crippen molar-refractivity contribution in [3.8, 4) is 0 Å². The summed E-state index contributed by atoms with van der Waals surface area (Å²) in [6.45, 7) is 6.07. The van der Waals surface area contributed by atoms with Crippen molar-refractivity contribution >= 4 is 5.91 Å². The number of aliphatic hydroxyl groups is 1. The molecule has 0 radical (unpaired) electrons. The third-order valence-corrected chi connectivity index (χ3v) is 4.51. The van der Waals surface area contributed by atoms with Gasteiger partial charge >= 0.3 is 0 Å². The lowest BCUT2D eigenvalue weighted by Gasteiger charge is -2.28. The number of carbonyl (C=O) groups excluding carboxylic acids is 1. The summed E-state index contributed by atoms with van der Waals surface area (Å²) in [6.07, 6.45) is 3.09. The van der Waals surface area contributed by atoms with Crippen molar-refractivity contribution in [2.75, 3.05) is 13.1 Å². The van der Waals surface area contributed by atoms with Gasteiger partial charge < -0.3 is 14.9 Å². The van der Waals surface area contributed by atoms with Crippen LogP contribution in [0.25, 0.3) is 0 Å². The van der Waals surface area contributed by atoms with Crippen LogP contribution in [0.3, 0.4) is 0 Å². The lowest BCUT2D eigenvalue weighted by Crippen LogP contribution is -2.35. The molecule has 2 aromatic rings. The molecule has 0 aliphatic carbocycles. The minimum atomic E-state index is -0.267. The Labute approximate surface area is 147 Å². The number of hydrogen-bond donors (Lipinski definition) is 2. The Balaban J connectivity index is 1.56. The molecule has 0 aromatic carbocycles. The van der Waals surface area contributed by atoms with E-state index in [1.165, 1.54) is 0 Å². The number of aliphatic hydroxyl groups excluding tert-OH is 1. The quantitative estimate of drug-likeness (QED) is 0.860. The van der Waals surface area contributed by atoms with Gasteiger partial charge in [-0.2, -0.15) is 0 Å². The fourth-order valence-electron chi connectivity index (χ4n) is 2.88. The maximum Gasteiger partial charge on any atom is 0.273 e. The fraction of sp³-hybridized carbons (Fsp3) is 0.500. The molecule has 0 bridgehead atoms. The van der Waals surface area contributed by atoms with Gasteiger partial charge in [0.2, 0.25) is 0 Å². The van der Waals surface area contributed by atoms with Crippen molar-refractivity contribution in [1.29, 1.82) is 0 Å². The van der Waals surface area contributed by atoms with Gasteiger partial charge in [0.1, 0.15) is 0 Å². The van der Waals surface area contributed by atoms with Crippen LogP contribution >= 0.6 is 0 Å². The van der Waals surface area contributed by atoms with Crippen LogP contribution in [-0.2, 0) is 6.54 Å². The van der Waals surface area contributed by atoms with Gasteiger partial charge in [-0.25, -0.2) is 0 Å². The van der Waals surface area contributed by atoms with E-state index in [2.05, 4.69) is 20.4 Å². The van der Waals surface area contributed by atoms with Gasteiger partial charge in [0.05, 0.1) is 18.7 Å². The normalized spacial score (nSPS) is 17.4. The summed E-state index contributed by atoms with van der Waals surface area (Å²) in [5.74, 6) is 0.392. The summed E-state index contributed by atoms with van der Waals surface area (Å²) in [4.78, 5) is 18.8. The molecule has 0 spiro atoms. The molecule has 2 aromatic heterocycles. The van der Waals surface area contributed by atoms with Gasteiger partial charge in [-0.1, -0.05) is 11.2 Å². The van der Waals surface area contributed by atoms with Crippen LogP contribution in [0, 0.1) is 6.92 Å². The third kappa shape index (κ3) is 4.64. The largest absolute Gasteiger partial charge is 0.393 e. The van der Waals surface area contributed by atoms with Gasteiger partial charge in [-0.05, 0) is 38.3 Å². The number of aryl methyl sites for hydroxylation is 1. The molecule has 0 unspecified atom stereocenters. The molecule has 25 heavy (non-hydrogen) atoms. The molecule has 1 atom stereocenters. The number of rotatable bonds is 5. The summed E-state index contributed by atoms with van der Waals surface area (Å²) >= 11 is 0. The van der Waals surface area contributed by atoms with Gasteiger partial charge in [0.25, 0.3) is 5.91 Å². The number of piperidine rings is 1. The Bertz CT molecular complexity index is 705. The maximum absolute atomic E-state index is 12.3. The van der Waals surface area contributed by atoms with Crippen LogP contribution in [-0.4, -0.2) is 45.2 Å². The second-order valence-electron chi connectivity index (χ2n) is 6.61. The van der Waals surface area contributed by atoms with E-state index in [9.17, 15) is 9.90 Å². The summed E-state index contributed by atoms with van der Waals surface area (Å²) in [5, 5.41) is 16.3. The fourth-order valence-corrected chi connectivity index (χ4v) is 2.88. The molecule has 1 aliphatic heterocycles. The first kappa shape index (κ1) is 17.6. The zero-order valence-corrected chi connectivity index (χ0v) is 14.6. The first-order valence-corrected chi connectivity index (χ1v) is 8.60. The number of nitrogens with one attached hydrogen (secondary N) is 1. The second-order valence-corrected chi connectivity index (χ2v) is 6.61.